The standard InChI is InChI=1S/C69H133NO5/c1-3-5-7-9-11-13-15-17-19-20-27-30-34-37-41-45-49-53-57-61-67(72)66(65-71)70-68(73)62-58-54-50-46-42-38-35-31-28-25-23-21-22-24-26-29-32-36-40-44-48-52-56-60-64-75-69(74)63-59-55-51-47-43-39-33-18-16-14-12-10-8-6-4-2/h18,23,25,33,66-67,71-72H,3-17,19-22,24,26-32,34-65H2,1-2H3,(H,70,73)/b25-23-,33-18-. The van der Waals surface area contributed by atoms with E-state index in [0.717, 1.165) is 44.9 Å². The number of aliphatic hydroxyl groups is 2. The van der Waals surface area contributed by atoms with Gasteiger partial charge in [-0.2, -0.15) is 0 Å². The second kappa shape index (κ2) is 64.9. The Morgan fingerprint density at radius 2 is 0.627 bits per heavy atom. The first-order chi connectivity index (χ1) is 37.0. The molecule has 0 aliphatic heterocycles. The number of rotatable bonds is 64. The normalized spacial score (nSPS) is 12.6. The summed E-state index contributed by atoms with van der Waals surface area (Å²) in [5, 5.41) is 23.4. The summed E-state index contributed by atoms with van der Waals surface area (Å²) in [7, 11) is 0. The van der Waals surface area contributed by atoms with Gasteiger partial charge in [0.05, 0.1) is 25.4 Å². The lowest BCUT2D eigenvalue weighted by Crippen LogP contribution is -2.45. The van der Waals surface area contributed by atoms with Crippen LogP contribution in [0.15, 0.2) is 24.3 Å². The van der Waals surface area contributed by atoms with E-state index < -0.39 is 12.1 Å². The maximum atomic E-state index is 12.5. The minimum atomic E-state index is -0.668. The highest BCUT2D eigenvalue weighted by molar-refractivity contribution is 5.76. The molecule has 0 aromatic carbocycles. The van der Waals surface area contributed by atoms with Crippen molar-refractivity contribution in [3.05, 3.63) is 24.3 Å². The van der Waals surface area contributed by atoms with Gasteiger partial charge in [0.2, 0.25) is 5.91 Å². The Morgan fingerprint density at radius 1 is 0.360 bits per heavy atom. The summed E-state index contributed by atoms with van der Waals surface area (Å²) in [6.07, 6.45) is 80.6. The SMILES string of the molecule is CCCCCCCC/C=C\CCCCCCCC(=O)OCCCCCCCCCCCCCC/C=C\CCCCCCCCCCC(=O)NC(CO)C(O)CCCCCCCCCCCCCCCCCCCCC. The first kappa shape index (κ1) is 73.3. The molecule has 0 aromatic rings. The van der Waals surface area contributed by atoms with Crippen LogP contribution in [0.3, 0.4) is 0 Å². The van der Waals surface area contributed by atoms with Gasteiger partial charge in [-0.25, -0.2) is 0 Å². The van der Waals surface area contributed by atoms with E-state index in [9.17, 15) is 19.8 Å². The van der Waals surface area contributed by atoms with Crippen molar-refractivity contribution in [3.63, 3.8) is 0 Å². The fourth-order valence-electron chi connectivity index (χ4n) is 10.7. The summed E-state index contributed by atoms with van der Waals surface area (Å²) < 4.78 is 5.49. The molecule has 6 heteroatoms. The molecule has 0 heterocycles. The van der Waals surface area contributed by atoms with Crippen molar-refractivity contribution in [3.8, 4) is 0 Å². The van der Waals surface area contributed by atoms with Gasteiger partial charge in [-0.1, -0.05) is 314 Å². The van der Waals surface area contributed by atoms with Crippen LogP contribution < -0.4 is 5.32 Å². The fourth-order valence-corrected chi connectivity index (χ4v) is 10.7. The van der Waals surface area contributed by atoms with Gasteiger partial charge >= 0.3 is 5.97 Å². The number of amides is 1. The summed E-state index contributed by atoms with van der Waals surface area (Å²) in [4.78, 5) is 24.6. The molecule has 1 amide bonds. The van der Waals surface area contributed by atoms with Gasteiger partial charge in [0, 0.05) is 12.8 Å². The molecule has 0 aliphatic carbocycles. The number of ether oxygens (including phenoxy) is 1. The molecular weight excluding hydrogens is 923 g/mol. The Balaban J connectivity index is 3.40. The van der Waals surface area contributed by atoms with E-state index in [0.29, 0.717) is 25.9 Å². The van der Waals surface area contributed by atoms with Crippen molar-refractivity contribution in [1.29, 1.82) is 0 Å². The van der Waals surface area contributed by atoms with Crippen LogP contribution in [0.1, 0.15) is 380 Å². The third-order valence-electron chi connectivity index (χ3n) is 16.0. The van der Waals surface area contributed by atoms with Gasteiger partial charge in [-0.3, -0.25) is 9.59 Å². The minimum absolute atomic E-state index is 0.00533. The molecule has 75 heavy (non-hydrogen) atoms. The van der Waals surface area contributed by atoms with Crippen LogP contribution in [0, 0.1) is 0 Å². The summed E-state index contributed by atoms with van der Waals surface area (Å²) in [6, 6.07) is -0.545. The Hall–Kier alpha value is -1.66. The fraction of sp³-hybridized carbons (Fsp3) is 0.913. The van der Waals surface area contributed by atoms with Crippen molar-refractivity contribution >= 4 is 11.9 Å². The van der Waals surface area contributed by atoms with E-state index in [2.05, 4.69) is 43.5 Å². The molecule has 2 unspecified atom stereocenters. The van der Waals surface area contributed by atoms with Gasteiger partial charge in [-0.15, -0.1) is 0 Å². The third kappa shape index (κ3) is 61.4. The summed E-state index contributed by atoms with van der Waals surface area (Å²) in [6.45, 7) is 4.97. The maximum absolute atomic E-state index is 12.5. The number of esters is 1. The number of hydrogen-bond acceptors (Lipinski definition) is 5. The van der Waals surface area contributed by atoms with Gasteiger partial charge in [0.15, 0.2) is 0 Å². The van der Waals surface area contributed by atoms with Crippen LogP contribution in [0.5, 0.6) is 0 Å². The van der Waals surface area contributed by atoms with Crippen LogP contribution in [-0.2, 0) is 14.3 Å². The molecule has 0 saturated carbocycles. The molecule has 3 N–H and O–H groups in total. The molecule has 0 rings (SSSR count). The lowest BCUT2D eigenvalue weighted by atomic mass is 10.0. The van der Waals surface area contributed by atoms with E-state index in [1.165, 1.54) is 302 Å². The predicted molar refractivity (Wildman–Crippen MR) is 329 cm³/mol. The predicted octanol–water partition coefficient (Wildman–Crippen LogP) is 21.8. The van der Waals surface area contributed by atoms with Gasteiger partial charge in [-0.05, 0) is 77.0 Å². The van der Waals surface area contributed by atoms with E-state index in [1.807, 2.05) is 0 Å². The zero-order valence-corrected chi connectivity index (χ0v) is 50.8. The van der Waals surface area contributed by atoms with Crippen molar-refractivity contribution in [2.45, 2.75) is 392 Å². The number of nitrogens with one attached hydrogen (secondary N) is 1. The molecule has 0 saturated heterocycles. The Bertz CT molecular complexity index is 1170. The van der Waals surface area contributed by atoms with Crippen LogP contribution in [-0.4, -0.2) is 47.4 Å². The Labute approximate surface area is 469 Å². The quantitative estimate of drug-likeness (QED) is 0.0320. The van der Waals surface area contributed by atoms with Crippen LogP contribution in [0.4, 0.5) is 0 Å². The van der Waals surface area contributed by atoms with Crippen LogP contribution >= 0.6 is 0 Å². The molecule has 6 nitrogen and oxygen atoms in total. The van der Waals surface area contributed by atoms with Gasteiger partial charge < -0.3 is 20.3 Å². The summed E-state index contributed by atoms with van der Waals surface area (Å²) >= 11 is 0. The highest BCUT2D eigenvalue weighted by Crippen LogP contribution is 2.18. The average molecular weight is 1060 g/mol. The number of aliphatic hydroxyl groups excluding tert-OH is 2. The largest absolute Gasteiger partial charge is 0.466 e. The highest BCUT2D eigenvalue weighted by Gasteiger charge is 2.20. The van der Waals surface area contributed by atoms with E-state index in [-0.39, 0.29) is 18.5 Å². The molecule has 0 aromatic heterocycles. The zero-order chi connectivity index (χ0) is 54.3. The first-order valence-corrected chi connectivity index (χ1v) is 34.1. The molecule has 0 radical (unpaired) electrons. The molecule has 0 fully saturated rings. The molecule has 444 valence electrons. The van der Waals surface area contributed by atoms with Crippen LogP contribution in [0.25, 0.3) is 0 Å². The maximum Gasteiger partial charge on any atom is 0.305 e. The van der Waals surface area contributed by atoms with E-state index >= 15 is 0 Å². The topological polar surface area (TPSA) is 95.9 Å². The number of allylic oxidation sites excluding steroid dienone is 4. The lowest BCUT2D eigenvalue weighted by molar-refractivity contribution is -0.143. The third-order valence-corrected chi connectivity index (χ3v) is 16.0. The van der Waals surface area contributed by atoms with Crippen molar-refractivity contribution in [2.75, 3.05) is 13.2 Å². The second-order valence-corrected chi connectivity index (χ2v) is 23.5. The van der Waals surface area contributed by atoms with Crippen LogP contribution in [0.2, 0.25) is 0 Å². The second-order valence-electron chi connectivity index (χ2n) is 23.5. The number of unbranched alkanes of at least 4 members (excludes halogenated alkanes) is 49. The van der Waals surface area contributed by atoms with Gasteiger partial charge in [0.25, 0.3) is 0 Å². The minimum Gasteiger partial charge on any atom is -0.466 e. The Morgan fingerprint density at radius 3 is 0.947 bits per heavy atom. The number of hydrogen-bond donors (Lipinski definition) is 3. The molecule has 0 spiro atoms. The molecule has 0 bridgehead atoms. The highest BCUT2D eigenvalue weighted by atomic mass is 16.5. The van der Waals surface area contributed by atoms with E-state index in [1.54, 1.807) is 0 Å². The zero-order valence-electron chi connectivity index (χ0n) is 50.8. The number of carbonyl (C=O) groups is 2. The lowest BCUT2D eigenvalue weighted by Gasteiger charge is -2.22. The van der Waals surface area contributed by atoms with Crippen molar-refractivity contribution in [2.24, 2.45) is 0 Å². The van der Waals surface area contributed by atoms with Crippen molar-refractivity contribution in [1.82, 2.24) is 5.32 Å². The molecule has 2 atom stereocenters. The monoisotopic (exact) mass is 1060 g/mol. The summed E-state index contributed by atoms with van der Waals surface area (Å²) in [5.74, 6) is -0.0306. The average Bonchev–Trinajstić information content (AvgIpc) is 3.41. The molecule has 0 aliphatic rings. The smallest absolute Gasteiger partial charge is 0.305 e. The van der Waals surface area contributed by atoms with Crippen molar-refractivity contribution < 1.29 is 24.5 Å². The van der Waals surface area contributed by atoms with E-state index in [4.69, 9.17) is 4.74 Å². The number of carbonyl (C=O) groups excluding carboxylic acids is 2. The molecular formula is C69H133NO5. The first-order valence-electron chi connectivity index (χ1n) is 34.1. The summed E-state index contributed by atoms with van der Waals surface area (Å²) in [5.41, 5.74) is 0. The van der Waals surface area contributed by atoms with Gasteiger partial charge in [0.1, 0.15) is 0 Å². The Kier molecular flexibility index (Phi) is 63.4.